The summed E-state index contributed by atoms with van der Waals surface area (Å²) < 4.78 is 0. The lowest BCUT2D eigenvalue weighted by atomic mass is 10.1. The molecule has 0 spiro atoms. The molecular formula is C14H18N2O. The van der Waals surface area contributed by atoms with Gasteiger partial charge in [0.25, 0.3) is 0 Å². The van der Waals surface area contributed by atoms with Crippen LogP contribution in [0.15, 0.2) is 24.3 Å². The number of H-pyrrole nitrogens is 1. The Kier molecular flexibility index (Phi) is 2.37. The number of nitrogens with one attached hydrogen (secondary N) is 2. The number of aliphatic hydroxyl groups is 1. The molecular weight excluding hydrogens is 212 g/mol. The number of aryl methyl sites for hydroxylation is 1. The summed E-state index contributed by atoms with van der Waals surface area (Å²) in [7, 11) is 0. The third kappa shape index (κ3) is 1.80. The Balaban J connectivity index is 1.87. The molecule has 0 saturated heterocycles. The maximum Gasteiger partial charge on any atom is 0.0628 e. The molecule has 1 aromatic heterocycles. The Morgan fingerprint density at radius 3 is 2.82 bits per heavy atom. The molecule has 1 saturated carbocycles. The highest BCUT2D eigenvalue weighted by molar-refractivity contribution is 5.94. The van der Waals surface area contributed by atoms with Crippen molar-refractivity contribution in [3.8, 4) is 0 Å². The number of rotatable bonds is 4. The number of hydrogen-bond acceptors (Lipinski definition) is 2. The molecule has 1 aliphatic rings. The molecule has 1 aromatic carbocycles. The Labute approximate surface area is 101 Å². The van der Waals surface area contributed by atoms with Crippen molar-refractivity contribution < 1.29 is 5.11 Å². The van der Waals surface area contributed by atoms with Crippen molar-refractivity contribution in [1.29, 1.82) is 0 Å². The molecule has 0 aliphatic heterocycles. The molecule has 1 aliphatic carbocycles. The zero-order chi connectivity index (χ0) is 11.9. The van der Waals surface area contributed by atoms with Crippen LogP contribution in [0, 0.1) is 12.3 Å². The minimum Gasteiger partial charge on any atom is -0.396 e. The lowest BCUT2D eigenvalue weighted by Crippen LogP contribution is -2.19. The van der Waals surface area contributed by atoms with Gasteiger partial charge in [-0.05, 0) is 25.8 Å². The Morgan fingerprint density at radius 1 is 1.35 bits per heavy atom. The quantitative estimate of drug-likeness (QED) is 0.756. The maximum absolute atomic E-state index is 9.32. The lowest BCUT2D eigenvalue weighted by molar-refractivity contribution is 0.220. The number of aromatic amines is 1. The molecule has 17 heavy (non-hydrogen) atoms. The molecule has 0 atom stereocenters. The van der Waals surface area contributed by atoms with Gasteiger partial charge in [-0.2, -0.15) is 0 Å². The normalized spacial score (nSPS) is 17.3. The number of hydrogen-bond donors (Lipinski definition) is 3. The molecule has 3 N–H and O–H groups in total. The van der Waals surface area contributed by atoms with Crippen molar-refractivity contribution in [1.82, 2.24) is 4.98 Å². The first kappa shape index (κ1) is 10.7. The van der Waals surface area contributed by atoms with Crippen molar-refractivity contribution in [3.63, 3.8) is 0 Å². The first-order chi connectivity index (χ1) is 8.24. The van der Waals surface area contributed by atoms with Crippen LogP contribution in [0.5, 0.6) is 0 Å². The summed E-state index contributed by atoms with van der Waals surface area (Å²) in [6.07, 6.45) is 2.27. The van der Waals surface area contributed by atoms with Gasteiger partial charge in [0.2, 0.25) is 0 Å². The molecule has 0 unspecified atom stereocenters. The third-order valence-corrected chi connectivity index (χ3v) is 3.83. The summed E-state index contributed by atoms with van der Waals surface area (Å²) >= 11 is 0. The molecule has 1 heterocycles. The van der Waals surface area contributed by atoms with Crippen LogP contribution in [0.4, 0.5) is 5.69 Å². The largest absolute Gasteiger partial charge is 0.396 e. The monoisotopic (exact) mass is 230 g/mol. The van der Waals surface area contributed by atoms with Gasteiger partial charge in [-0.15, -0.1) is 0 Å². The Morgan fingerprint density at radius 2 is 2.12 bits per heavy atom. The molecule has 2 aromatic rings. The lowest BCUT2D eigenvalue weighted by Gasteiger charge is -2.14. The highest BCUT2D eigenvalue weighted by Gasteiger charge is 2.41. The first-order valence-corrected chi connectivity index (χ1v) is 6.16. The number of para-hydroxylation sites is 1. The zero-order valence-corrected chi connectivity index (χ0v) is 10.1. The molecule has 0 amide bonds. The van der Waals surface area contributed by atoms with E-state index in [9.17, 15) is 5.11 Å². The highest BCUT2D eigenvalue weighted by atomic mass is 16.3. The second-order valence-electron chi connectivity index (χ2n) is 5.18. The highest BCUT2D eigenvalue weighted by Crippen LogP contribution is 2.45. The smallest absolute Gasteiger partial charge is 0.0628 e. The van der Waals surface area contributed by atoms with E-state index in [0.29, 0.717) is 6.61 Å². The fourth-order valence-electron chi connectivity index (χ4n) is 2.35. The predicted octanol–water partition coefficient (Wildman–Crippen LogP) is 2.66. The second kappa shape index (κ2) is 3.77. The third-order valence-electron chi connectivity index (χ3n) is 3.83. The molecule has 3 nitrogen and oxygen atoms in total. The minimum atomic E-state index is 0.144. The second-order valence-corrected chi connectivity index (χ2v) is 5.18. The number of benzene rings is 1. The summed E-state index contributed by atoms with van der Waals surface area (Å²) in [5.41, 5.74) is 3.66. The molecule has 0 bridgehead atoms. The SMILES string of the molecule is Cc1[nH]c2ccccc2c1NCC1(CO)CC1. The van der Waals surface area contributed by atoms with Gasteiger partial charge in [0.1, 0.15) is 0 Å². The maximum atomic E-state index is 9.32. The number of aromatic nitrogens is 1. The number of aliphatic hydroxyl groups excluding tert-OH is 1. The van der Waals surface area contributed by atoms with Crippen LogP contribution in [0.2, 0.25) is 0 Å². The van der Waals surface area contributed by atoms with Gasteiger partial charge in [-0.1, -0.05) is 18.2 Å². The Hall–Kier alpha value is -1.48. The van der Waals surface area contributed by atoms with Crippen molar-refractivity contribution in [2.45, 2.75) is 19.8 Å². The van der Waals surface area contributed by atoms with Crippen LogP contribution in [0.25, 0.3) is 10.9 Å². The topological polar surface area (TPSA) is 48.0 Å². The summed E-state index contributed by atoms with van der Waals surface area (Å²) in [6, 6.07) is 8.31. The fourth-order valence-corrected chi connectivity index (χ4v) is 2.35. The standard InChI is InChI=1S/C14H18N2O/c1-10-13(15-8-14(9-17)6-7-14)11-4-2-3-5-12(11)16-10/h2-5,15-17H,6-9H2,1H3. The number of fused-ring (bicyclic) bond motifs is 1. The van der Waals surface area contributed by atoms with Crippen molar-refractivity contribution in [2.24, 2.45) is 5.41 Å². The first-order valence-electron chi connectivity index (χ1n) is 6.16. The summed E-state index contributed by atoms with van der Waals surface area (Å²) in [5.74, 6) is 0. The molecule has 1 fully saturated rings. The van der Waals surface area contributed by atoms with Gasteiger partial charge in [0.05, 0.1) is 12.3 Å². The van der Waals surface area contributed by atoms with Gasteiger partial charge in [-0.3, -0.25) is 0 Å². The van der Waals surface area contributed by atoms with Gasteiger partial charge < -0.3 is 15.4 Å². The summed E-state index contributed by atoms with van der Waals surface area (Å²) in [6.45, 7) is 3.24. The van der Waals surface area contributed by atoms with E-state index in [-0.39, 0.29) is 5.41 Å². The van der Waals surface area contributed by atoms with Crippen LogP contribution in [0.3, 0.4) is 0 Å². The van der Waals surface area contributed by atoms with E-state index in [1.807, 2.05) is 6.07 Å². The van der Waals surface area contributed by atoms with E-state index in [4.69, 9.17) is 0 Å². The molecule has 3 rings (SSSR count). The summed E-state index contributed by atoms with van der Waals surface area (Å²) in [4.78, 5) is 3.38. The zero-order valence-electron chi connectivity index (χ0n) is 10.1. The van der Waals surface area contributed by atoms with E-state index in [2.05, 4.69) is 35.4 Å². The van der Waals surface area contributed by atoms with Gasteiger partial charge in [0.15, 0.2) is 0 Å². The van der Waals surface area contributed by atoms with E-state index in [1.165, 1.54) is 22.3 Å². The van der Waals surface area contributed by atoms with Gasteiger partial charge >= 0.3 is 0 Å². The molecule has 3 heteroatoms. The van der Waals surface area contributed by atoms with Crippen molar-refractivity contribution in [2.75, 3.05) is 18.5 Å². The van der Waals surface area contributed by atoms with Crippen molar-refractivity contribution >= 4 is 16.6 Å². The van der Waals surface area contributed by atoms with Crippen LogP contribution in [0.1, 0.15) is 18.5 Å². The van der Waals surface area contributed by atoms with E-state index >= 15 is 0 Å². The minimum absolute atomic E-state index is 0.144. The van der Waals surface area contributed by atoms with Crippen LogP contribution in [-0.2, 0) is 0 Å². The van der Waals surface area contributed by atoms with E-state index < -0.39 is 0 Å². The van der Waals surface area contributed by atoms with E-state index in [1.54, 1.807) is 0 Å². The van der Waals surface area contributed by atoms with Crippen LogP contribution >= 0.6 is 0 Å². The van der Waals surface area contributed by atoms with Gasteiger partial charge in [-0.25, -0.2) is 0 Å². The number of anilines is 1. The Bertz CT molecular complexity index is 540. The average molecular weight is 230 g/mol. The fraction of sp³-hybridized carbons (Fsp3) is 0.429. The molecule has 0 radical (unpaired) electrons. The molecule has 90 valence electrons. The van der Waals surface area contributed by atoms with Crippen molar-refractivity contribution in [3.05, 3.63) is 30.0 Å². The summed E-state index contributed by atoms with van der Waals surface area (Å²) in [5, 5.41) is 14.1. The average Bonchev–Trinajstić information content (AvgIpc) is 3.05. The predicted molar refractivity (Wildman–Crippen MR) is 70.3 cm³/mol. The van der Waals surface area contributed by atoms with Crippen LogP contribution in [-0.4, -0.2) is 23.2 Å². The van der Waals surface area contributed by atoms with Gasteiger partial charge in [0, 0.05) is 28.6 Å². The van der Waals surface area contributed by atoms with E-state index in [0.717, 1.165) is 19.4 Å². The van der Waals surface area contributed by atoms with Crippen LogP contribution < -0.4 is 5.32 Å².